The molecule has 170 valence electrons. The van der Waals surface area contributed by atoms with Gasteiger partial charge in [0.15, 0.2) is 0 Å². The van der Waals surface area contributed by atoms with Crippen LogP contribution in [0.5, 0.6) is 0 Å². The molecule has 1 atom stereocenters. The van der Waals surface area contributed by atoms with Gasteiger partial charge in [0.25, 0.3) is 0 Å². The summed E-state index contributed by atoms with van der Waals surface area (Å²) in [5.74, 6) is 1.48. The Morgan fingerprint density at radius 2 is 1.97 bits per heavy atom. The summed E-state index contributed by atoms with van der Waals surface area (Å²) in [7, 11) is 0. The first-order chi connectivity index (χ1) is 16.7. The molecular formula is C25H22ClN7O. The van der Waals surface area contributed by atoms with Gasteiger partial charge in [-0.15, -0.1) is 0 Å². The predicted molar refractivity (Wildman–Crippen MR) is 130 cm³/mol. The molecule has 3 aromatic heterocycles. The molecule has 4 aromatic rings. The molecule has 8 nitrogen and oxygen atoms in total. The maximum Gasteiger partial charge on any atom is 0.227 e. The van der Waals surface area contributed by atoms with Crippen molar-refractivity contribution in [2.24, 2.45) is 0 Å². The smallest absolute Gasteiger partial charge is 0.227 e. The summed E-state index contributed by atoms with van der Waals surface area (Å²) in [6.45, 7) is 3.81. The number of halogens is 1. The Morgan fingerprint density at radius 1 is 1.09 bits per heavy atom. The number of H-pyrrole nitrogens is 1. The molecule has 0 radical (unpaired) electrons. The molecule has 1 N–H and O–H groups in total. The molecule has 0 amide bonds. The average Bonchev–Trinajstić information content (AvgIpc) is 3.26. The summed E-state index contributed by atoms with van der Waals surface area (Å²) in [5.41, 5.74) is 4.74. The van der Waals surface area contributed by atoms with E-state index in [2.05, 4.69) is 43.0 Å². The van der Waals surface area contributed by atoms with E-state index in [1.54, 1.807) is 12.3 Å². The molecule has 1 aromatic carbocycles. The van der Waals surface area contributed by atoms with Crippen LogP contribution in [0.15, 0.2) is 48.8 Å². The summed E-state index contributed by atoms with van der Waals surface area (Å²) in [5, 5.41) is 11.2. The lowest BCUT2D eigenvalue weighted by Gasteiger charge is -2.36. The molecule has 2 aliphatic rings. The van der Waals surface area contributed by atoms with Crippen LogP contribution in [0, 0.1) is 11.3 Å². The average molecular weight is 472 g/mol. The van der Waals surface area contributed by atoms with Gasteiger partial charge in [0, 0.05) is 53.6 Å². The number of ether oxygens (including phenoxy) is 1. The fourth-order valence-corrected chi connectivity index (χ4v) is 5.08. The Hall–Kier alpha value is -3.67. The number of hydrogen-bond acceptors (Lipinski definition) is 7. The van der Waals surface area contributed by atoms with Gasteiger partial charge in [0.2, 0.25) is 5.95 Å². The van der Waals surface area contributed by atoms with Crippen molar-refractivity contribution < 1.29 is 4.74 Å². The van der Waals surface area contributed by atoms with Crippen LogP contribution < -0.4 is 9.80 Å². The van der Waals surface area contributed by atoms with Crippen LogP contribution in [0.3, 0.4) is 0 Å². The van der Waals surface area contributed by atoms with Crippen molar-refractivity contribution in [2.45, 2.75) is 12.5 Å². The summed E-state index contributed by atoms with van der Waals surface area (Å²) in [6.07, 6.45) is 4.38. The SMILES string of the molecule is N#Cc1ccnc(N2CCc3c([nH]c4ccc(Cl)cc34)C2c2ccc(N3CCOCC3)nc2)n1. The van der Waals surface area contributed by atoms with E-state index in [0.29, 0.717) is 31.4 Å². The Balaban J connectivity index is 1.46. The number of nitrogens with zero attached hydrogens (tertiary/aromatic N) is 6. The van der Waals surface area contributed by atoms with E-state index < -0.39 is 0 Å². The normalized spacial score (nSPS) is 18.1. The Labute approximate surface area is 201 Å². The minimum atomic E-state index is -0.171. The van der Waals surface area contributed by atoms with Gasteiger partial charge < -0.3 is 19.5 Å². The highest BCUT2D eigenvalue weighted by molar-refractivity contribution is 6.31. The van der Waals surface area contributed by atoms with Crippen molar-refractivity contribution in [3.63, 3.8) is 0 Å². The van der Waals surface area contributed by atoms with Crippen LogP contribution in [-0.2, 0) is 11.2 Å². The highest BCUT2D eigenvalue weighted by atomic mass is 35.5. The van der Waals surface area contributed by atoms with E-state index in [9.17, 15) is 5.26 Å². The standard InChI is InChI=1S/C25H22ClN7O/c26-17-2-3-21-20(13-17)19-6-8-33(25-28-7-5-18(14-27)30-25)24(23(19)31-21)16-1-4-22(29-15-16)32-9-11-34-12-10-32/h1-5,7,13,15,24,31H,6,8-12H2. The maximum atomic E-state index is 9.38. The predicted octanol–water partition coefficient (Wildman–Crippen LogP) is 3.87. The van der Waals surface area contributed by atoms with Crippen molar-refractivity contribution >= 4 is 34.3 Å². The maximum absolute atomic E-state index is 9.38. The third kappa shape index (κ3) is 3.63. The molecule has 0 saturated carbocycles. The van der Waals surface area contributed by atoms with Crippen LogP contribution >= 0.6 is 11.6 Å². The van der Waals surface area contributed by atoms with Crippen molar-refractivity contribution in [3.8, 4) is 6.07 Å². The number of fused-ring (bicyclic) bond motifs is 3. The molecule has 9 heteroatoms. The number of aromatic nitrogens is 4. The zero-order valence-corrected chi connectivity index (χ0v) is 19.2. The minimum Gasteiger partial charge on any atom is -0.378 e. The first kappa shape index (κ1) is 20.9. The van der Waals surface area contributed by atoms with Crippen molar-refractivity contribution in [3.05, 3.63) is 76.3 Å². The topological polar surface area (TPSA) is 94.0 Å². The molecular weight excluding hydrogens is 450 g/mol. The van der Waals surface area contributed by atoms with Gasteiger partial charge in [0.1, 0.15) is 17.6 Å². The van der Waals surface area contributed by atoms with E-state index in [0.717, 1.165) is 52.5 Å². The summed E-state index contributed by atoms with van der Waals surface area (Å²) < 4.78 is 5.47. The fourth-order valence-electron chi connectivity index (χ4n) is 4.91. The monoisotopic (exact) mass is 471 g/mol. The third-order valence-corrected chi connectivity index (χ3v) is 6.76. The third-order valence-electron chi connectivity index (χ3n) is 6.52. The summed E-state index contributed by atoms with van der Waals surface area (Å²) in [4.78, 5) is 21.8. The number of rotatable bonds is 3. The number of benzene rings is 1. The number of morpholine rings is 1. The van der Waals surface area contributed by atoms with Gasteiger partial charge in [0.05, 0.1) is 19.3 Å². The zero-order chi connectivity index (χ0) is 23.1. The molecule has 1 fully saturated rings. The van der Waals surface area contributed by atoms with Gasteiger partial charge >= 0.3 is 0 Å². The van der Waals surface area contributed by atoms with Crippen molar-refractivity contribution in [1.82, 2.24) is 19.9 Å². The molecule has 0 aliphatic carbocycles. The second kappa shape index (κ2) is 8.60. The van der Waals surface area contributed by atoms with Crippen LogP contribution in [0.4, 0.5) is 11.8 Å². The minimum absolute atomic E-state index is 0.171. The van der Waals surface area contributed by atoms with Gasteiger partial charge in [-0.3, -0.25) is 0 Å². The number of hydrogen-bond donors (Lipinski definition) is 1. The second-order valence-corrected chi connectivity index (χ2v) is 8.89. The molecule has 6 rings (SSSR count). The Kier molecular flexibility index (Phi) is 5.28. The van der Waals surface area contributed by atoms with Crippen LogP contribution in [0.2, 0.25) is 5.02 Å². The Bertz CT molecular complexity index is 1390. The van der Waals surface area contributed by atoms with Gasteiger partial charge in [-0.05, 0) is 47.9 Å². The Morgan fingerprint density at radius 3 is 2.76 bits per heavy atom. The number of anilines is 2. The van der Waals surface area contributed by atoms with Crippen LogP contribution in [0.25, 0.3) is 10.9 Å². The van der Waals surface area contributed by atoms with Crippen molar-refractivity contribution in [1.29, 1.82) is 5.26 Å². The zero-order valence-electron chi connectivity index (χ0n) is 18.4. The molecule has 1 unspecified atom stereocenters. The quantitative estimate of drug-likeness (QED) is 0.484. The number of nitriles is 1. The van der Waals surface area contributed by atoms with E-state index >= 15 is 0 Å². The second-order valence-electron chi connectivity index (χ2n) is 8.46. The molecule has 5 heterocycles. The molecule has 0 bridgehead atoms. The van der Waals surface area contributed by atoms with E-state index in [1.807, 2.05) is 24.4 Å². The molecule has 1 saturated heterocycles. The van der Waals surface area contributed by atoms with Crippen molar-refractivity contribution in [2.75, 3.05) is 42.6 Å². The van der Waals surface area contributed by atoms with E-state index in [-0.39, 0.29) is 6.04 Å². The number of nitrogens with one attached hydrogen (secondary N) is 1. The highest BCUT2D eigenvalue weighted by Crippen LogP contribution is 2.40. The summed E-state index contributed by atoms with van der Waals surface area (Å²) >= 11 is 6.32. The van der Waals surface area contributed by atoms with Crippen LogP contribution in [-0.4, -0.2) is 52.8 Å². The fraction of sp³-hybridized carbons (Fsp3) is 0.280. The molecule has 34 heavy (non-hydrogen) atoms. The number of aromatic amines is 1. The van der Waals surface area contributed by atoms with Crippen LogP contribution in [0.1, 0.15) is 28.6 Å². The lowest BCUT2D eigenvalue weighted by molar-refractivity contribution is 0.122. The lowest BCUT2D eigenvalue weighted by atomic mass is 9.93. The van der Waals surface area contributed by atoms with Gasteiger partial charge in [-0.1, -0.05) is 17.7 Å². The number of pyridine rings is 1. The largest absolute Gasteiger partial charge is 0.378 e. The molecule has 2 aliphatic heterocycles. The highest BCUT2D eigenvalue weighted by Gasteiger charge is 2.34. The van der Waals surface area contributed by atoms with E-state index in [1.165, 1.54) is 5.56 Å². The van der Waals surface area contributed by atoms with Gasteiger partial charge in [-0.2, -0.15) is 5.26 Å². The van der Waals surface area contributed by atoms with Gasteiger partial charge in [-0.25, -0.2) is 15.0 Å². The van der Waals surface area contributed by atoms with E-state index in [4.69, 9.17) is 21.3 Å². The lowest BCUT2D eigenvalue weighted by Crippen LogP contribution is -2.38. The summed E-state index contributed by atoms with van der Waals surface area (Å²) in [6, 6.07) is 13.7. The first-order valence-corrected chi connectivity index (χ1v) is 11.7. The molecule has 0 spiro atoms. The first-order valence-electron chi connectivity index (χ1n) is 11.3.